The van der Waals surface area contributed by atoms with E-state index in [9.17, 15) is 4.79 Å². The number of hydrogen-bond donors (Lipinski definition) is 1. The van der Waals surface area contributed by atoms with Gasteiger partial charge in [-0.3, -0.25) is 0 Å². The summed E-state index contributed by atoms with van der Waals surface area (Å²) in [6.07, 6.45) is 0. The monoisotopic (exact) mass is 245 g/mol. The number of carbonyl (C=O) groups is 1. The summed E-state index contributed by atoms with van der Waals surface area (Å²) in [5, 5.41) is 8.80. The van der Waals surface area contributed by atoms with Crippen LogP contribution in [0, 0.1) is 6.92 Å². The fourth-order valence-corrected chi connectivity index (χ4v) is 1.26. The normalized spacial score (nSPS) is 9.77. The van der Waals surface area contributed by atoms with Crippen LogP contribution in [0.3, 0.4) is 0 Å². The van der Waals surface area contributed by atoms with Crippen LogP contribution in [0.4, 0.5) is 0 Å². The molecule has 1 aromatic rings. The van der Waals surface area contributed by atoms with Crippen molar-refractivity contribution in [2.75, 3.05) is 7.11 Å². The molecule has 0 aromatic carbocycles. The second kappa shape index (κ2) is 3.74. The summed E-state index contributed by atoms with van der Waals surface area (Å²) in [4.78, 5) is 14.7. The van der Waals surface area contributed by atoms with Crippen molar-refractivity contribution < 1.29 is 14.6 Å². The second-order valence-corrected chi connectivity index (χ2v) is 3.21. The van der Waals surface area contributed by atoms with Gasteiger partial charge >= 0.3 is 5.97 Å². The smallest absolute Gasteiger partial charge is 0.337 e. The molecule has 70 valence electrons. The van der Waals surface area contributed by atoms with Crippen LogP contribution in [0.25, 0.3) is 0 Å². The Morgan fingerprint density at radius 3 is 2.77 bits per heavy atom. The van der Waals surface area contributed by atoms with Crippen LogP contribution in [0.1, 0.15) is 16.1 Å². The molecule has 5 heteroatoms. The molecule has 4 nitrogen and oxygen atoms in total. The Balaban J connectivity index is 3.33. The number of rotatable bonds is 2. The van der Waals surface area contributed by atoms with Crippen molar-refractivity contribution in [3.63, 3.8) is 0 Å². The average Bonchev–Trinajstić information content (AvgIpc) is 2.09. The van der Waals surface area contributed by atoms with E-state index in [2.05, 4.69) is 20.9 Å². The van der Waals surface area contributed by atoms with Gasteiger partial charge in [0.05, 0.1) is 22.8 Å². The van der Waals surface area contributed by atoms with Crippen LogP contribution in [0.5, 0.6) is 5.88 Å². The molecule has 1 rings (SSSR count). The van der Waals surface area contributed by atoms with Crippen molar-refractivity contribution >= 4 is 21.9 Å². The molecule has 0 amide bonds. The van der Waals surface area contributed by atoms with Gasteiger partial charge < -0.3 is 9.84 Å². The van der Waals surface area contributed by atoms with Gasteiger partial charge in [0.15, 0.2) is 0 Å². The van der Waals surface area contributed by atoms with E-state index >= 15 is 0 Å². The van der Waals surface area contributed by atoms with Gasteiger partial charge in [0, 0.05) is 6.07 Å². The van der Waals surface area contributed by atoms with E-state index in [1.165, 1.54) is 13.2 Å². The first-order valence-electron chi connectivity index (χ1n) is 3.50. The van der Waals surface area contributed by atoms with E-state index < -0.39 is 5.97 Å². The van der Waals surface area contributed by atoms with Gasteiger partial charge in [0.1, 0.15) is 0 Å². The first-order valence-corrected chi connectivity index (χ1v) is 4.30. The molecule has 0 saturated heterocycles. The fourth-order valence-electron chi connectivity index (χ4n) is 0.889. The second-order valence-electron chi connectivity index (χ2n) is 2.42. The van der Waals surface area contributed by atoms with Crippen LogP contribution in [-0.4, -0.2) is 23.2 Å². The Kier molecular flexibility index (Phi) is 2.87. The lowest BCUT2D eigenvalue weighted by molar-refractivity contribution is 0.0695. The van der Waals surface area contributed by atoms with E-state index in [1.807, 2.05) is 0 Å². The number of carboxylic acids is 1. The lowest BCUT2D eigenvalue weighted by Gasteiger charge is -2.05. The van der Waals surface area contributed by atoms with Crippen LogP contribution in [-0.2, 0) is 0 Å². The predicted molar refractivity (Wildman–Crippen MR) is 50.2 cm³/mol. The number of pyridine rings is 1. The summed E-state index contributed by atoms with van der Waals surface area (Å²) >= 11 is 3.15. The highest BCUT2D eigenvalue weighted by atomic mass is 79.9. The Morgan fingerprint density at radius 2 is 2.31 bits per heavy atom. The Hall–Kier alpha value is -1.10. The zero-order valence-corrected chi connectivity index (χ0v) is 8.75. The molecule has 0 bridgehead atoms. The quantitative estimate of drug-likeness (QED) is 0.865. The van der Waals surface area contributed by atoms with Crippen LogP contribution in [0.15, 0.2) is 10.5 Å². The van der Waals surface area contributed by atoms with E-state index in [1.54, 1.807) is 6.92 Å². The largest absolute Gasteiger partial charge is 0.481 e. The minimum absolute atomic E-state index is 0.157. The van der Waals surface area contributed by atoms with Gasteiger partial charge in [0.25, 0.3) is 0 Å². The lowest BCUT2D eigenvalue weighted by atomic mass is 10.2. The topological polar surface area (TPSA) is 59.4 Å². The number of aromatic nitrogens is 1. The van der Waals surface area contributed by atoms with Crippen LogP contribution in [0.2, 0.25) is 0 Å². The van der Waals surface area contributed by atoms with E-state index in [0.717, 1.165) is 0 Å². The average molecular weight is 246 g/mol. The maximum atomic E-state index is 10.7. The molecular weight excluding hydrogens is 238 g/mol. The molecule has 0 unspecified atom stereocenters. The van der Waals surface area contributed by atoms with Gasteiger partial charge in [0.2, 0.25) is 5.88 Å². The number of carboxylic acid groups (broad SMARTS) is 1. The van der Waals surface area contributed by atoms with Gasteiger partial charge in [-0.2, -0.15) is 0 Å². The molecule has 1 heterocycles. The highest BCUT2D eigenvalue weighted by molar-refractivity contribution is 9.10. The van der Waals surface area contributed by atoms with Crippen molar-refractivity contribution in [2.45, 2.75) is 6.92 Å². The molecule has 0 aliphatic carbocycles. The number of halogens is 1. The number of hydrogen-bond acceptors (Lipinski definition) is 3. The summed E-state index contributed by atoms with van der Waals surface area (Å²) in [6.45, 7) is 1.71. The maximum absolute atomic E-state index is 10.7. The molecule has 0 spiro atoms. The minimum Gasteiger partial charge on any atom is -0.481 e. The first-order chi connectivity index (χ1) is 6.06. The van der Waals surface area contributed by atoms with E-state index in [0.29, 0.717) is 16.0 Å². The molecule has 13 heavy (non-hydrogen) atoms. The molecule has 0 saturated carbocycles. The van der Waals surface area contributed by atoms with Crippen molar-refractivity contribution in [3.8, 4) is 5.88 Å². The predicted octanol–water partition coefficient (Wildman–Crippen LogP) is 1.86. The Labute approximate surface area is 83.7 Å². The third-order valence-corrected chi connectivity index (χ3v) is 2.54. The highest BCUT2D eigenvalue weighted by Gasteiger charge is 2.13. The van der Waals surface area contributed by atoms with Gasteiger partial charge in [-0.05, 0) is 22.9 Å². The van der Waals surface area contributed by atoms with Crippen LogP contribution >= 0.6 is 15.9 Å². The summed E-state index contributed by atoms with van der Waals surface area (Å²) in [6, 6.07) is 1.37. The third-order valence-electron chi connectivity index (χ3n) is 1.54. The third kappa shape index (κ3) is 1.98. The number of aryl methyl sites for hydroxylation is 1. The maximum Gasteiger partial charge on any atom is 0.337 e. The van der Waals surface area contributed by atoms with Gasteiger partial charge in [-0.25, -0.2) is 9.78 Å². The van der Waals surface area contributed by atoms with Crippen molar-refractivity contribution in [1.82, 2.24) is 4.98 Å². The molecule has 1 N–H and O–H groups in total. The highest BCUT2D eigenvalue weighted by Crippen LogP contribution is 2.23. The van der Waals surface area contributed by atoms with E-state index in [4.69, 9.17) is 9.84 Å². The lowest BCUT2D eigenvalue weighted by Crippen LogP contribution is -2.02. The zero-order chi connectivity index (χ0) is 10.0. The number of ether oxygens (including phenoxy) is 1. The first kappa shape index (κ1) is 9.98. The number of aromatic carboxylic acids is 1. The molecule has 0 atom stereocenters. The number of nitrogens with zero attached hydrogens (tertiary/aromatic N) is 1. The summed E-state index contributed by atoms with van der Waals surface area (Å²) in [5.41, 5.74) is 0.751. The summed E-state index contributed by atoms with van der Waals surface area (Å²) < 4.78 is 5.33. The Morgan fingerprint density at radius 1 is 1.69 bits per heavy atom. The standard InChI is InChI=1S/C8H8BrNO3/c1-4-7(9)5(8(11)12)3-6(10-4)13-2/h3H,1-2H3,(H,11,12). The van der Waals surface area contributed by atoms with Crippen molar-refractivity contribution in [1.29, 1.82) is 0 Å². The van der Waals surface area contributed by atoms with Gasteiger partial charge in [-0.1, -0.05) is 0 Å². The molecule has 0 fully saturated rings. The zero-order valence-electron chi connectivity index (χ0n) is 7.17. The summed E-state index contributed by atoms with van der Waals surface area (Å²) in [5.74, 6) is -0.700. The van der Waals surface area contributed by atoms with Gasteiger partial charge in [-0.15, -0.1) is 0 Å². The fraction of sp³-hybridized carbons (Fsp3) is 0.250. The SMILES string of the molecule is COc1cc(C(=O)O)c(Br)c(C)n1. The van der Waals surface area contributed by atoms with Crippen molar-refractivity contribution in [2.24, 2.45) is 0 Å². The molecule has 1 aromatic heterocycles. The van der Waals surface area contributed by atoms with E-state index in [-0.39, 0.29) is 5.56 Å². The molecular formula is C8H8BrNO3. The molecule has 0 aliphatic rings. The minimum atomic E-state index is -1.00. The van der Waals surface area contributed by atoms with Crippen LogP contribution < -0.4 is 4.74 Å². The number of methoxy groups -OCH3 is 1. The molecule has 0 radical (unpaired) electrons. The molecule has 0 aliphatic heterocycles. The van der Waals surface area contributed by atoms with Crippen molar-refractivity contribution in [3.05, 3.63) is 21.8 Å². The Bertz CT molecular complexity index is 351. The summed E-state index contributed by atoms with van der Waals surface area (Å²) in [7, 11) is 1.45.